The van der Waals surface area contributed by atoms with E-state index in [1.165, 1.54) is 43.4 Å². The summed E-state index contributed by atoms with van der Waals surface area (Å²) in [5.74, 6) is 1.15. The smallest absolute Gasteiger partial charge is 0.139 e. The minimum absolute atomic E-state index is 0.561. The number of fused-ring (bicyclic) bond motifs is 1. The summed E-state index contributed by atoms with van der Waals surface area (Å²) in [6, 6.07) is 17.4. The van der Waals surface area contributed by atoms with Crippen LogP contribution in [0.15, 0.2) is 48.5 Å². The summed E-state index contributed by atoms with van der Waals surface area (Å²) in [5, 5.41) is 3.81. The van der Waals surface area contributed by atoms with Gasteiger partial charge in [-0.3, -0.25) is 4.40 Å². The van der Waals surface area contributed by atoms with Crippen molar-refractivity contribution in [3.05, 3.63) is 54.2 Å². The van der Waals surface area contributed by atoms with Crippen molar-refractivity contribution in [1.29, 1.82) is 0 Å². The van der Waals surface area contributed by atoms with E-state index in [4.69, 9.17) is 4.98 Å². The molecule has 23 heavy (non-hydrogen) atoms. The number of nitrogens with one attached hydrogen (secondary N) is 1. The Hall–Kier alpha value is -2.29. The van der Waals surface area contributed by atoms with Gasteiger partial charge in [-0.1, -0.05) is 55.7 Å². The predicted molar refractivity (Wildman–Crippen MR) is 95.9 cm³/mol. The number of hydrogen-bond donors (Lipinski definition) is 1. The minimum Gasteiger partial charge on any atom is -0.367 e. The fourth-order valence-electron chi connectivity index (χ4n) is 3.63. The molecule has 0 saturated heterocycles. The highest BCUT2D eigenvalue weighted by Gasteiger charge is 2.20. The van der Waals surface area contributed by atoms with Gasteiger partial charge in [0.25, 0.3) is 0 Å². The zero-order valence-corrected chi connectivity index (χ0v) is 13.6. The molecule has 2 heterocycles. The molecule has 3 nitrogen and oxygen atoms in total. The van der Waals surface area contributed by atoms with Gasteiger partial charge in [-0.2, -0.15) is 0 Å². The van der Waals surface area contributed by atoms with Gasteiger partial charge in [0.2, 0.25) is 0 Å². The molecular formula is C20H23N3. The van der Waals surface area contributed by atoms with Crippen LogP contribution in [-0.2, 0) is 0 Å². The van der Waals surface area contributed by atoms with Gasteiger partial charge >= 0.3 is 0 Å². The normalized spacial score (nSPS) is 15.9. The Bertz CT molecular complexity index is 798. The van der Waals surface area contributed by atoms with Crippen LogP contribution in [0.3, 0.4) is 0 Å². The van der Waals surface area contributed by atoms with E-state index in [1.54, 1.807) is 0 Å². The maximum absolute atomic E-state index is 4.91. The molecule has 1 N–H and O–H groups in total. The minimum atomic E-state index is 0.561. The van der Waals surface area contributed by atoms with Gasteiger partial charge in [-0.15, -0.1) is 0 Å². The predicted octanol–water partition coefficient (Wildman–Crippen LogP) is 5.05. The van der Waals surface area contributed by atoms with E-state index in [9.17, 15) is 0 Å². The number of hydrogen-bond acceptors (Lipinski definition) is 2. The van der Waals surface area contributed by atoms with Crippen LogP contribution in [0.1, 0.15) is 37.8 Å². The molecule has 0 radical (unpaired) electrons. The summed E-state index contributed by atoms with van der Waals surface area (Å²) in [5.41, 5.74) is 4.47. The van der Waals surface area contributed by atoms with Gasteiger partial charge in [-0.05, 0) is 31.9 Å². The highest BCUT2D eigenvalue weighted by atomic mass is 15.2. The van der Waals surface area contributed by atoms with Crippen LogP contribution >= 0.6 is 0 Å². The zero-order chi connectivity index (χ0) is 15.6. The van der Waals surface area contributed by atoms with Gasteiger partial charge in [-0.25, -0.2) is 4.98 Å². The quantitative estimate of drug-likeness (QED) is 0.733. The second kappa shape index (κ2) is 6.07. The second-order valence-electron chi connectivity index (χ2n) is 6.52. The molecule has 1 aliphatic rings. The summed E-state index contributed by atoms with van der Waals surface area (Å²) < 4.78 is 2.26. The number of pyridine rings is 1. The van der Waals surface area contributed by atoms with Crippen molar-refractivity contribution >= 4 is 11.5 Å². The van der Waals surface area contributed by atoms with Crippen molar-refractivity contribution in [2.24, 2.45) is 0 Å². The Morgan fingerprint density at radius 1 is 0.957 bits per heavy atom. The van der Waals surface area contributed by atoms with Crippen molar-refractivity contribution in [3.63, 3.8) is 0 Å². The summed E-state index contributed by atoms with van der Waals surface area (Å²) in [6.07, 6.45) is 6.54. The van der Waals surface area contributed by atoms with Crippen molar-refractivity contribution in [3.8, 4) is 11.3 Å². The van der Waals surface area contributed by atoms with Crippen LogP contribution in [-0.4, -0.2) is 15.4 Å². The topological polar surface area (TPSA) is 29.3 Å². The Morgan fingerprint density at radius 3 is 2.52 bits per heavy atom. The lowest BCUT2D eigenvalue weighted by atomic mass is 9.95. The standard InChI is InChI=1S/C20H23N3/c1-15-9-8-14-18-22-19(16-10-4-2-5-11-16)20(23(15)18)21-17-12-6-3-7-13-17/h2,4-5,8-11,14,17,21H,3,6-7,12-13H2,1H3. The third-order valence-corrected chi connectivity index (χ3v) is 4.83. The number of aryl methyl sites for hydroxylation is 1. The number of rotatable bonds is 3. The third-order valence-electron chi connectivity index (χ3n) is 4.83. The van der Waals surface area contributed by atoms with E-state index < -0.39 is 0 Å². The van der Waals surface area contributed by atoms with Crippen LogP contribution in [0.5, 0.6) is 0 Å². The fraction of sp³-hybridized carbons (Fsp3) is 0.350. The monoisotopic (exact) mass is 305 g/mol. The zero-order valence-electron chi connectivity index (χ0n) is 13.6. The van der Waals surface area contributed by atoms with Crippen LogP contribution in [0.4, 0.5) is 5.82 Å². The van der Waals surface area contributed by atoms with Crippen molar-refractivity contribution in [1.82, 2.24) is 9.38 Å². The van der Waals surface area contributed by atoms with E-state index >= 15 is 0 Å². The van der Waals surface area contributed by atoms with Crippen LogP contribution in [0.2, 0.25) is 0 Å². The first kappa shape index (κ1) is 14.3. The maximum atomic E-state index is 4.91. The molecule has 0 bridgehead atoms. The molecule has 0 atom stereocenters. The van der Waals surface area contributed by atoms with Crippen LogP contribution < -0.4 is 5.32 Å². The molecule has 3 heteroatoms. The molecule has 118 valence electrons. The first-order chi connectivity index (χ1) is 11.3. The largest absolute Gasteiger partial charge is 0.367 e. The van der Waals surface area contributed by atoms with Gasteiger partial charge < -0.3 is 5.32 Å². The number of aromatic nitrogens is 2. The first-order valence-electron chi connectivity index (χ1n) is 8.63. The number of anilines is 1. The van der Waals surface area contributed by atoms with Crippen molar-refractivity contribution in [2.75, 3.05) is 5.32 Å². The van der Waals surface area contributed by atoms with Gasteiger partial charge in [0.1, 0.15) is 17.2 Å². The Balaban J connectivity index is 1.84. The first-order valence-corrected chi connectivity index (χ1v) is 8.63. The molecular weight excluding hydrogens is 282 g/mol. The number of nitrogens with zero attached hydrogens (tertiary/aromatic N) is 2. The van der Waals surface area contributed by atoms with Crippen molar-refractivity contribution in [2.45, 2.75) is 45.1 Å². The molecule has 0 aliphatic heterocycles. The highest BCUT2D eigenvalue weighted by molar-refractivity contribution is 5.77. The summed E-state index contributed by atoms with van der Waals surface area (Å²) in [6.45, 7) is 2.15. The van der Waals surface area contributed by atoms with E-state index in [-0.39, 0.29) is 0 Å². The van der Waals surface area contributed by atoms with E-state index in [0.29, 0.717) is 6.04 Å². The third kappa shape index (κ3) is 2.72. The number of imidazole rings is 1. The van der Waals surface area contributed by atoms with E-state index in [0.717, 1.165) is 17.2 Å². The fourth-order valence-corrected chi connectivity index (χ4v) is 3.63. The number of benzene rings is 1. The average molecular weight is 305 g/mol. The molecule has 2 aromatic heterocycles. The molecule has 0 amide bonds. The van der Waals surface area contributed by atoms with Gasteiger partial charge in [0, 0.05) is 17.3 Å². The maximum Gasteiger partial charge on any atom is 0.139 e. The van der Waals surface area contributed by atoms with Gasteiger partial charge in [0.05, 0.1) is 0 Å². The Labute approximate surface area is 137 Å². The summed E-state index contributed by atoms with van der Waals surface area (Å²) in [7, 11) is 0. The molecule has 1 saturated carbocycles. The SMILES string of the molecule is Cc1cccc2nc(-c3ccccc3)c(NC3CCCCC3)n12. The lowest BCUT2D eigenvalue weighted by molar-refractivity contribution is 0.461. The highest BCUT2D eigenvalue weighted by Crippen LogP contribution is 2.32. The van der Waals surface area contributed by atoms with Crippen molar-refractivity contribution < 1.29 is 0 Å². The molecule has 0 spiro atoms. The molecule has 1 fully saturated rings. The average Bonchev–Trinajstić information content (AvgIpc) is 2.96. The summed E-state index contributed by atoms with van der Waals surface area (Å²) >= 11 is 0. The Kier molecular flexibility index (Phi) is 3.78. The molecule has 1 aliphatic carbocycles. The summed E-state index contributed by atoms with van der Waals surface area (Å²) in [4.78, 5) is 4.91. The lowest BCUT2D eigenvalue weighted by Gasteiger charge is -2.24. The van der Waals surface area contributed by atoms with Crippen LogP contribution in [0, 0.1) is 6.92 Å². The molecule has 1 aromatic carbocycles. The lowest BCUT2D eigenvalue weighted by Crippen LogP contribution is -2.23. The second-order valence-corrected chi connectivity index (χ2v) is 6.52. The Morgan fingerprint density at radius 2 is 1.74 bits per heavy atom. The van der Waals surface area contributed by atoms with Crippen LogP contribution in [0.25, 0.3) is 16.9 Å². The van der Waals surface area contributed by atoms with E-state index in [2.05, 4.69) is 65.2 Å². The molecule has 3 aromatic rings. The van der Waals surface area contributed by atoms with Gasteiger partial charge in [0.15, 0.2) is 0 Å². The molecule has 0 unspecified atom stereocenters. The van der Waals surface area contributed by atoms with E-state index in [1.807, 2.05) is 0 Å². The molecule has 4 rings (SSSR count).